The Morgan fingerprint density at radius 3 is 2.83 bits per heavy atom. The largest absolute Gasteiger partial charge is 0.497 e. The lowest BCUT2D eigenvalue weighted by atomic mass is 9.88. The van der Waals surface area contributed by atoms with E-state index in [2.05, 4.69) is 10.3 Å². The Labute approximate surface area is 147 Å². The van der Waals surface area contributed by atoms with Gasteiger partial charge in [0.05, 0.1) is 7.11 Å². The van der Waals surface area contributed by atoms with Crippen LogP contribution in [0.3, 0.4) is 0 Å². The van der Waals surface area contributed by atoms with Crippen molar-refractivity contribution >= 4 is 23.1 Å². The SMILES string of the molecule is COc1cccc(CC2(O)C(=NCCCCl)Nc3ccccc32)c1. The lowest BCUT2D eigenvalue weighted by Crippen LogP contribution is -2.37. The molecule has 0 aromatic heterocycles. The van der Waals surface area contributed by atoms with Crippen molar-refractivity contribution in [3.8, 4) is 5.75 Å². The van der Waals surface area contributed by atoms with Gasteiger partial charge in [0.15, 0.2) is 5.60 Å². The normalized spacial score (nSPS) is 20.7. The summed E-state index contributed by atoms with van der Waals surface area (Å²) >= 11 is 5.74. The van der Waals surface area contributed by atoms with E-state index >= 15 is 0 Å². The number of nitrogens with one attached hydrogen (secondary N) is 1. The summed E-state index contributed by atoms with van der Waals surface area (Å²) in [7, 11) is 1.64. The lowest BCUT2D eigenvalue weighted by Gasteiger charge is -2.24. The fraction of sp³-hybridized carbons (Fsp3) is 0.316. The van der Waals surface area contributed by atoms with Crippen LogP contribution < -0.4 is 10.1 Å². The molecule has 1 atom stereocenters. The number of methoxy groups -OCH3 is 1. The van der Waals surface area contributed by atoms with E-state index in [9.17, 15) is 5.11 Å². The van der Waals surface area contributed by atoms with E-state index in [0.29, 0.717) is 24.7 Å². The molecule has 2 N–H and O–H groups in total. The molecule has 126 valence electrons. The molecule has 3 rings (SSSR count). The van der Waals surface area contributed by atoms with Gasteiger partial charge in [-0.1, -0.05) is 30.3 Å². The first-order valence-electron chi connectivity index (χ1n) is 8.00. The molecule has 1 aliphatic rings. The number of alkyl halides is 1. The molecule has 5 heteroatoms. The van der Waals surface area contributed by atoms with Crippen LogP contribution >= 0.6 is 11.6 Å². The summed E-state index contributed by atoms with van der Waals surface area (Å²) in [5, 5.41) is 14.7. The Bertz CT molecular complexity index is 748. The Hall–Kier alpha value is -2.04. The predicted octanol–water partition coefficient (Wildman–Crippen LogP) is 3.58. The fourth-order valence-electron chi connectivity index (χ4n) is 2.99. The number of aliphatic hydroxyl groups is 1. The molecule has 0 saturated carbocycles. The summed E-state index contributed by atoms with van der Waals surface area (Å²) in [6.07, 6.45) is 1.20. The van der Waals surface area contributed by atoms with Gasteiger partial charge in [-0.3, -0.25) is 4.99 Å². The maximum Gasteiger partial charge on any atom is 0.153 e. The number of halogens is 1. The minimum atomic E-state index is -1.17. The van der Waals surface area contributed by atoms with Gasteiger partial charge in [0.1, 0.15) is 11.6 Å². The Kier molecular flexibility index (Phi) is 5.07. The molecule has 2 aromatic rings. The number of para-hydroxylation sites is 1. The quantitative estimate of drug-likeness (QED) is 0.622. The van der Waals surface area contributed by atoms with Crippen molar-refractivity contribution in [2.75, 3.05) is 24.9 Å². The van der Waals surface area contributed by atoms with Crippen molar-refractivity contribution in [2.45, 2.75) is 18.4 Å². The molecule has 1 unspecified atom stereocenters. The van der Waals surface area contributed by atoms with Gasteiger partial charge in [-0.15, -0.1) is 11.6 Å². The zero-order chi connectivity index (χ0) is 17.0. The number of rotatable bonds is 6. The molecule has 2 aromatic carbocycles. The van der Waals surface area contributed by atoms with Gasteiger partial charge in [-0.25, -0.2) is 0 Å². The van der Waals surface area contributed by atoms with Crippen LogP contribution in [0.4, 0.5) is 5.69 Å². The van der Waals surface area contributed by atoms with Crippen molar-refractivity contribution in [3.63, 3.8) is 0 Å². The highest BCUT2D eigenvalue weighted by molar-refractivity contribution is 6.17. The third-order valence-electron chi connectivity index (χ3n) is 4.17. The van der Waals surface area contributed by atoms with E-state index in [4.69, 9.17) is 16.3 Å². The number of benzene rings is 2. The van der Waals surface area contributed by atoms with Gasteiger partial charge in [0, 0.05) is 30.1 Å². The standard InChI is InChI=1S/C19H21ClN2O2/c1-24-15-7-4-6-14(12-15)13-19(23)16-8-2-3-9-17(16)22-18(19)21-11-5-10-20/h2-4,6-9,12,23H,5,10-11,13H2,1H3,(H,21,22). The van der Waals surface area contributed by atoms with Crippen LogP contribution in [0.1, 0.15) is 17.5 Å². The summed E-state index contributed by atoms with van der Waals surface area (Å²) in [5.41, 5.74) is 1.56. The smallest absolute Gasteiger partial charge is 0.153 e. The van der Waals surface area contributed by atoms with Crippen molar-refractivity contribution < 1.29 is 9.84 Å². The minimum absolute atomic E-state index is 0.425. The van der Waals surface area contributed by atoms with Gasteiger partial charge < -0.3 is 15.2 Å². The van der Waals surface area contributed by atoms with Gasteiger partial charge in [-0.2, -0.15) is 0 Å². The third kappa shape index (κ3) is 3.25. The summed E-state index contributed by atoms with van der Waals surface area (Å²) in [6, 6.07) is 15.5. The second-order valence-corrected chi connectivity index (χ2v) is 6.21. The number of aliphatic imine (C=N–C) groups is 1. The fourth-order valence-corrected chi connectivity index (χ4v) is 3.11. The van der Waals surface area contributed by atoms with Gasteiger partial charge in [0.25, 0.3) is 0 Å². The minimum Gasteiger partial charge on any atom is -0.497 e. The number of ether oxygens (including phenoxy) is 1. The highest BCUT2D eigenvalue weighted by Crippen LogP contribution is 2.39. The van der Waals surface area contributed by atoms with E-state index < -0.39 is 5.60 Å². The molecule has 4 nitrogen and oxygen atoms in total. The molecule has 24 heavy (non-hydrogen) atoms. The zero-order valence-corrected chi connectivity index (χ0v) is 14.4. The molecule has 0 bridgehead atoms. The number of nitrogens with zero attached hydrogens (tertiary/aromatic N) is 1. The Morgan fingerprint density at radius 1 is 1.21 bits per heavy atom. The second-order valence-electron chi connectivity index (χ2n) is 5.83. The summed E-state index contributed by atoms with van der Waals surface area (Å²) in [5.74, 6) is 1.91. The first-order chi connectivity index (χ1) is 11.7. The van der Waals surface area contributed by atoms with Crippen LogP contribution in [0.2, 0.25) is 0 Å². The topological polar surface area (TPSA) is 53.9 Å². The number of amidine groups is 1. The molecular weight excluding hydrogens is 324 g/mol. The van der Waals surface area contributed by atoms with E-state index in [1.54, 1.807) is 7.11 Å². The molecule has 0 spiro atoms. The van der Waals surface area contributed by atoms with Gasteiger partial charge in [-0.05, 0) is 30.2 Å². The van der Waals surface area contributed by atoms with E-state index in [-0.39, 0.29) is 0 Å². The average Bonchev–Trinajstić information content (AvgIpc) is 2.88. The average molecular weight is 345 g/mol. The maximum absolute atomic E-state index is 11.5. The Morgan fingerprint density at radius 2 is 2.04 bits per heavy atom. The lowest BCUT2D eigenvalue weighted by molar-refractivity contribution is 0.116. The highest BCUT2D eigenvalue weighted by atomic mass is 35.5. The predicted molar refractivity (Wildman–Crippen MR) is 98.3 cm³/mol. The molecule has 1 aliphatic heterocycles. The van der Waals surface area contributed by atoms with E-state index in [0.717, 1.165) is 29.0 Å². The number of hydrogen-bond donors (Lipinski definition) is 2. The number of anilines is 1. The molecule has 0 amide bonds. The van der Waals surface area contributed by atoms with Crippen LogP contribution in [0.25, 0.3) is 0 Å². The van der Waals surface area contributed by atoms with Crippen LogP contribution in [0.5, 0.6) is 5.75 Å². The van der Waals surface area contributed by atoms with Crippen molar-refractivity contribution in [3.05, 3.63) is 59.7 Å². The van der Waals surface area contributed by atoms with E-state index in [1.807, 2.05) is 48.5 Å². The molecular formula is C19H21ClN2O2. The number of hydrogen-bond acceptors (Lipinski definition) is 3. The van der Waals surface area contributed by atoms with Crippen LogP contribution in [-0.4, -0.2) is 30.5 Å². The van der Waals surface area contributed by atoms with Gasteiger partial charge in [0.2, 0.25) is 0 Å². The summed E-state index contributed by atoms with van der Waals surface area (Å²) in [4.78, 5) is 4.56. The van der Waals surface area contributed by atoms with Crippen LogP contribution in [0, 0.1) is 0 Å². The van der Waals surface area contributed by atoms with Crippen LogP contribution in [-0.2, 0) is 12.0 Å². The van der Waals surface area contributed by atoms with Crippen LogP contribution in [0.15, 0.2) is 53.5 Å². The molecule has 0 fully saturated rings. The van der Waals surface area contributed by atoms with Crippen molar-refractivity contribution in [1.82, 2.24) is 0 Å². The third-order valence-corrected chi connectivity index (χ3v) is 4.44. The first kappa shape index (κ1) is 16.8. The number of fused-ring (bicyclic) bond motifs is 1. The van der Waals surface area contributed by atoms with Crippen molar-refractivity contribution in [2.24, 2.45) is 4.99 Å². The molecule has 0 radical (unpaired) electrons. The molecule has 1 heterocycles. The summed E-state index contributed by atoms with van der Waals surface area (Å²) < 4.78 is 5.29. The molecule has 0 aliphatic carbocycles. The first-order valence-corrected chi connectivity index (χ1v) is 8.53. The zero-order valence-electron chi connectivity index (χ0n) is 13.6. The maximum atomic E-state index is 11.5. The van der Waals surface area contributed by atoms with Crippen molar-refractivity contribution in [1.29, 1.82) is 0 Å². The second kappa shape index (κ2) is 7.24. The Balaban J connectivity index is 1.96. The highest BCUT2D eigenvalue weighted by Gasteiger charge is 2.42. The summed E-state index contributed by atoms with van der Waals surface area (Å²) in [6.45, 7) is 0.584. The van der Waals surface area contributed by atoms with Gasteiger partial charge >= 0.3 is 0 Å². The van der Waals surface area contributed by atoms with E-state index in [1.165, 1.54) is 0 Å². The monoisotopic (exact) mass is 344 g/mol. The molecule has 0 saturated heterocycles.